The van der Waals surface area contributed by atoms with Gasteiger partial charge in [-0.1, -0.05) is 24.6 Å². The summed E-state index contributed by atoms with van der Waals surface area (Å²) in [5.41, 5.74) is -0.916. The molecule has 0 heterocycles. The number of aliphatic hydroxyl groups excluding tert-OH is 1. The predicted molar refractivity (Wildman–Crippen MR) is 112 cm³/mol. The number of terminal acetylenes is 1. The van der Waals surface area contributed by atoms with Gasteiger partial charge in [-0.25, -0.2) is 4.79 Å². The van der Waals surface area contributed by atoms with E-state index in [1.807, 2.05) is 6.04 Å². The summed E-state index contributed by atoms with van der Waals surface area (Å²) >= 11 is 0. The lowest BCUT2D eigenvalue weighted by molar-refractivity contribution is -0.143. The van der Waals surface area contributed by atoms with E-state index in [0.717, 1.165) is 7.11 Å². The fourth-order valence-corrected chi connectivity index (χ4v) is 2.51. The molecule has 11 nitrogen and oxygen atoms in total. The summed E-state index contributed by atoms with van der Waals surface area (Å²) in [4.78, 5) is 49.9. The van der Waals surface area contributed by atoms with Crippen LogP contribution in [0.5, 0.6) is 5.75 Å². The molecule has 0 radical (unpaired) electrons. The van der Waals surface area contributed by atoms with Crippen LogP contribution >= 0.6 is 0 Å². The zero-order chi connectivity index (χ0) is 24.5. The van der Waals surface area contributed by atoms with E-state index in [2.05, 4.69) is 15.4 Å². The lowest BCUT2D eigenvalue weighted by Gasteiger charge is -2.30. The number of nitrogens with zero attached hydrogens (tertiary/aromatic N) is 1. The van der Waals surface area contributed by atoms with Gasteiger partial charge in [0.2, 0.25) is 5.91 Å². The lowest BCUT2D eigenvalue weighted by Crippen LogP contribution is -2.53. The summed E-state index contributed by atoms with van der Waals surface area (Å²) in [6, 6.07) is 4.51. The number of carbonyl (C=O) groups excluding carboxylic acids is 4. The normalized spacial score (nSPS) is 12.5. The average molecular weight is 449 g/mol. The number of esters is 1. The molecule has 2 unspecified atom stereocenters. The molecule has 0 bridgehead atoms. The van der Waals surface area contributed by atoms with Gasteiger partial charge in [-0.2, -0.15) is 0 Å². The minimum atomic E-state index is -1.59. The highest BCUT2D eigenvalue weighted by Gasteiger charge is 2.37. The third-order valence-corrected chi connectivity index (χ3v) is 3.92. The van der Waals surface area contributed by atoms with Crippen LogP contribution in [0.25, 0.3) is 0 Å². The van der Waals surface area contributed by atoms with Gasteiger partial charge in [0, 0.05) is 11.6 Å². The van der Waals surface area contributed by atoms with Crippen molar-refractivity contribution in [1.29, 1.82) is 0 Å². The van der Waals surface area contributed by atoms with Gasteiger partial charge in [0.25, 0.3) is 5.91 Å². The van der Waals surface area contributed by atoms with Crippen LogP contribution in [0.3, 0.4) is 0 Å². The highest BCUT2D eigenvalue weighted by Crippen LogP contribution is 2.29. The third-order valence-electron chi connectivity index (χ3n) is 3.92. The van der Waals surface area contributed by atoms with Gasteiger partial charge >= 0.3 is 12.1 Å². The number of methoxy groups -OCH3 is 1. The molecule has 32 heavy (non-hydrogen) atoms. The maximum atomic E-state index is 13.0. The number of aliphatic hydroxyl groups is 1. The first-order valence-electron chi connectivity index (χ1n) is 9.47. The molecule has 0 spiro atoms. The number of alkyl carbamates (subject to hydrolysis) is 1. The highest BCUT2D eigenvalue weighted by molar-refractivity contribution is 5.94. The Labute approximate surface area is 185 Å². The second kappa shape index (κ2) is 11.6. The quantitative estimate of drug-likeness (QED) is 0.246. The maximum Gasteiger partial charge on any atom is 0.408 e. The van der Waals surface area contributed by atoms with E-state index in [4.69, 9.17) is 11.2 Å². The van der Waals surface area contributed by atoms with Gasteiger partial charge in [-0.15, -0.1) is 0 Å². The maximum absolute atomic E-state index is 13.0. The van der Waals surface area contributed by atoms with Crippen LogP contribution in [0, 0.1) is 12.5 Å². The Morgan fingerprint density at radius 2 is 1.84 bits per heavy atom. The minimum Gasteiger partial charge on any atom is -0.508 e. The topological polar surface area (TPSA) is 154 Å². The van der Waals surface area contributed by atoms with Crippen LogP contribution in [0.4, 0.5) is 4.79 Å². The second-order valence-corrected chi connectivity index (χ2v) is 7.47. The average Bonchev–Trinajstić information content (AvgIpc) is 2.72. The van der Waals surface area contributed by atoms with Gasteiger partial charge in [0.05, 0.1) is 13.7 Å². The Morgan fingerprint density at radius 1 is 1.22 bits per heavy atom. The molecule has 0 saturated heterocycles. The minimum absolute atomic E-state index is 0.0462. The molecule has 0 aliphatic carbocycles. The number of aromatic hydroxyl groups is 1. The summed E-state index contributed by atoms with van der Waals surface area (Å²) in [6.45, 7) is 3.45. The van der Waals surface area contributed by atoms with Crippen molar-refractivity contribution >= 4 is 23.9 Å². The van der Waals surface area contributed by atoms with Crippen molar-refractivity contribution in [2.24, 2.45) is 0 Å². The van der Waals surface area contributed by atoms with Crippen molar-refractivity contribution in [2.75, 3.05) is 20.3 Å². The smallest absolute Gasteiger partial charge is 0.408 e. The molecule has 4 N–H and O–H groups in total. The molecule has 1 aromatic rings. The zero-order valence-electron chi connectivity index (χ0n) is 18.2. The first kappa shape index (κ1) is 26.3. The molecule has 0 aromatic heterocycles. The van der Waals surface area contributed by atoms with Gasteiger partial charge in [-0.05, 0) is 26.8 Å². The van der Waals surface area contributed by atoms with E-state index in [1.165, 1.54) is 24.3 Å². The number of rotatable bonds is 8. The summed E-state index contributed by atoms with van der Waals surface area (Å²) in [5.74, 6) is -3.04. The van der Waals surface area contributed by atoms with E-state index in [0.29, 0.717) is 4.90 Å². The third kappa shape index (κ3) is 7.48. The van der Waals surface area contributed by atoms with E-state index < -0.39 is 54.7 Å². The zero-order valence-corrected chi connectivity index (χ0v) is 18.2. The summed E-state index contributed by atoms with van der Waals surface area (Å²) in [7, 11) is 1.13. The SMILES string of the molecule is C#CN(C(=O)C(CO)NC(=O)OC(C)(C)C)C(C(=O)NCC(=O)OC)c1ccccc1O. The molecule has 174 valence electrons. The van der Waals surface area contributed by atoms with Crippen LogP contribution in [-0.2, 0) is 23.9 Å². The molecule has 0 fully saturated rings. The molecular formula is C21H27N3O8. The number of ether oxygens (including phenoxy) is 2. The van der Waals surface area contributed by atoms with E-state index >= 15 is 0 Å². The molecular weight excluding hydrogens is 422 g/mol. The molecule has 0 aliphatic heterocycles. The van der Waals surface area contributed by atoms with Crippen LogP contribution < -0.4 is 10.6 Å². The highest BCUT2D eigenvalue weighted by atomic mass is 16.6. The number of carbonyl (C=O) groups is 4. The Balaban J connectivity index is 3.26. The van der Waals surface area contributed by atoms with Crippen molar-refractivity contribution in [3.63, 3.8) is 0 Å². The van der Waals surface area contributed by atoms with Crippen molar-refractivity contribution < 1.29 is 38.9 Å². The van der Waals surface area contributed by atoms with Crippen LogP contribution in [0.15, 0.2) is 24.3 Å². The molecule has 11 heteroatoms. The molecule has 3 amide bonds. The Kier molecular flexibility index (Phi) is 9.49. The molecule has 0 saturated carbocycles. The molecule has 2 atom stereocenters. The van der Waals surface area contributed by atoms with Crippen molar-refractivity contribution in [3.05, 3.63) is 29.8 Å². The van der Waals surface area contributed by atoms with Gasteiger partial charge < -0.3 is 30.3 Å². The number of phenolic OH excluding ortho intramolecular Hbond substituents is 1. The number of hydrogen-bond donors (Lipinski definition) is 4. The van der Waals surface area contributed by atoms with Gasteiger partial charge in [0.15, 0.2) is 6.04 Å². The van der Waals surface area contributed by atoms with Crippen molar-refractivity contribution in [2.45, 2.75) is 38.5 Å². The standard InChI is InChI=1S/C21H27N3O8/c1-6-24(19(29)14(12-25)23-20(30)32-21(2,3)4)17(13-9-7-8-10-15(13)26)18(28)22-11-16(27)31-5/h1,7-10,14,17,25-26H,11-12H2,2-5H3,(H,22,28)(H,23,30). The predicted octanol–water partition coefficient (Wildman–Crippen LogP) is 0.0274. The molecule has 1 rings (SSSR count). The lowest BCUT2D eigenvalue weighted by atomic mass is 10.0. The number of nitrogens with one attached hydrogen (secondary N) is 2. The van der Waals surface area contributed by atoms with Gasteiger partial charge in [-0.3, -0.25) is 19.3 Å². The van der Waals surface area contributed by atoms with Crippen LogP contribution in [0.1, 0.15) is 32.4 Å². The first-order chi connectivity index (χ1) is 14.9. The van der Waals surface area contributed by atoms with E-state index in [9.17, 15) is 29.4 Å². The summed E-state index contributed by atoms with van der Waals surface area (Å²) in [5, 5.41) is 24.3. The Morgan fingerprint density at radius 3 is 2.34 bits per heavy atom. The molecule has 0 aliphatic rings. The van der Waals surface area contributed by atoms with Crippen molar-refractivity contribution in [1.82, 2.24) is 15.5 Å². The summed E-state index contributed by atoms with van der Waals surface area (Å²) < 4.78 is 9.53. The monoisotopic (exact) mass is 449 g/mol. The van der Waals surface area contributed by atoms with E-state index in [-0.39, 0.29) is 11.3 Å². The largest absolute Gasteiger partial charge is 0.508 e. The van der Waals surface area contributed by atoms with Crippen molar-refractivity contribution in [3.8, 4) is 18.2 Å². The summed E-state index contributed by atoms with van der Waals surface area (Å²) in [6.07, 6.45) is 4.49. The number of benzene rings is 1. The van der Waals surface area contributed by atoms with Crippen LogP contribution in [0.2, 0.25) is 0 Å². The van der Waals surface area contributed by atoms with E-state index in [1.54, 1.807) is 20.8 Å². The second-order valence-electron chi connectivity index (χ2n) is 7.47. The van der Waals surface area contributed by atoms with Gasteiger partial charge in [0.1, 0.15) is 23.9 Å². The number of para-hydroxylation sites is 1. The fourth-order valence-electron chi connectivity index (χ4n) is 2.51. The number of hydrogen-bond acceptors (Lipinski definition) is 8. The first-order valence-corrected chi connectivity index (χ1v) is 9.47. The Hall–Kier alpha value is -3.78. The number of amides is 3. The number of phenols is 1. The Bertz CT molecular complexity index is 888. The van der Waals surface area contributed by atoms with Crippen LogP contribution in [-0.4, -0.2) is 70.9 Å². The molecule has 1 aromatic carbocycles. The fraction of sp³-hybridized carbons (Fsp3) is 0.429.